The standard InChI is InChI=1S/C13H18N4O/c1-8-2-5-11(12(14)16-18)13(15-8)17-7-9-3-4-10(17)6-9/h2,5,9-10,18H,3-4,6-7H2,1H3,(H2,14,16). The third-order valence-electron chi connectivity index (χ3n) is 4.08. The van der Waals surface area contributed by atoms with Crippen LogP contribution in [0.1, 0.15) is 30.5 Å². The zero-order valence-corrected chi connectivity index (χ0v) is 10.5. The fourth-order valence-electron chi connectivity index (χ4n) is 3.20. The molecule has 5 heteroatoms. The molecule has 1 aromatic rings. The summed E-state index contributed by atoms with van der Waals surface area (Å²) in [7, 11) is 0. The lowest BCUT2D eigenvalue weighted by Crippen LogP contribution is -2.34. The lowest BCUT2D eigenvalue weighted by atomic mass is 10.1. The van der Waals surface area contributed by atoms with Gasteiger partial charge in [-0.3, -0.25) is 0 Å². The summed E-state index contributed by atoms with van der Waals surface area (Å²) >= 11 is 0. The number of nitrogens with zero attached hydrogens (tertiary/aromatic N) is 3. The first-order chi connectivity index (χ1) is 8.69. The summed E-state index contributed by atoms with van der Waals surface area (Å²) < 4.78 is 0. The van der Waals surface area contributed by atoms with Gasteiger partial charge in [-0.15, -0.1) is 0 Å². The van der Waals surface area contributed by atoms with Crippen molar-refractivity contribution in [3.63, 3.8) is 0 Å². The van der Waals surface area contributed by atoms with Crippen LogP contribution in [0.15, 0.2) is 17.3 Å². The number of aryl methyl sites for hydroxylation is 1. The van der Waals surface area contributed by atoms with Crippen molar-refractivity contribution < 1.29 is 5.21 Å². The zero-order chi connectivity index (χ0) is 12.7. The number of oxime groups is 1. The quantitative estimate of drug-likeness (QED) is 0.359. The highest BCUT2D eigenvalue weighted by Gasteiger charge is 2.39. The molecule has 2 unspecified atom stereocenters. The Morgan fingerprint density at radius 3 is 2.94 bits per heavy atom. The van der Waals surface area contributed by atoms with Gasteiger partial charge in [-0.05, 0) is 44.2 Å². The van der Waals surface area contributed by atoms with Gasteiger partial charge in [0.1, 0.15) is 5.82 Å². The van der Waals surface area contributed by atoms with Gasteiger partial charge in [-0.1, -0.05) is 5.16 Å². The summed E-state index contributed by atoms with van der Waals surface area (Å²) in [6, 6.07) is 4.36. The summed E-state index contributed by atoms with van der Waals surface area (Å²) in [5.41, 5.74) is 7.44. The molecule has 1 saturated carbocycles. The minimum absolute atomic E-state index is 0.139. The molecule has 1 aliphatic heterocycles. The van der Waals surface area contributed by atoms with Crippen LogP contribution in [0, 0.1) is 12.8 Å². The van der Waals surface area contributed by atoms with E-state index in [0.717, 1.165) is 29.5 Å². The minimum atomic E-state index is 0.139. The Kier molecular flexibility index (Phi) is 2.61. The number of amidine groups is 1. The van der Waals surface area contributed by atoms with Crippen LogP contribution >= 0.6 is 0 Å². The van der Waals surface area contributed by atoms with Crippen LogP contribution in [0.2, 0.25) is 0 Å². The number of fused-ring (bicyclic) bond motifs is 2. The highest BCUT2D eigenvalue weighted by Crippen LogP contribution is 2.40. The first kappa shape index (κ1) is 11.3. The normalized spacial score (nSPS) is 26.9. The second kappa shape index (κ2) is 4.15. The number of aromatic nitrogens is 1. The molecule has 1 aliphatic carbocycles. The number of nitrogens with two attached hydrogens (primary N) is 1. The Morgan fingerprint density at radius 2 is 2.33 bits per heavy atom. The van der Waals surface area contributed by atoms with Crippen LogP contribution in [-0.2, 0) is 0 Å². The Labute approximate surface area is 106 Å². The largest absolute Gasteiger partial charge is 0.409 e. The number of pyridine rings is 1. The number of rotatable bonds is 2. The summed E-state index contributed by atoms with van der Waals surface area (Å²) in [5.74, 6) is 1.80. The molecule has 2 heterocycles. The molecule has 0 radical (unpaired) electrons. The third kappa shape index (κ3) is 1.70. The second-order valence-electron chi connectivity index (χ2n) is 5.29. The molecule has 2 aliphatic rings. The molecular weight excluding hydrogens is 228 g/mol. The summed E-state index contributed by atoms with van der Waals surface area (Å²) in [6.45, 7) is 3.01. The molecule has 1 aromatic heterocycles. The Bertz CT molecular complexity index is 500. The highest BCUT2D eigenvalue weighted by molar-refractivity contribution is 6.01. The topological polar surface area (TPSA) is 74.7 Å². The summed E-state index contributed by atoms with van der Waals surface area (Å²) in [6.07, 6.45) is 3.81. The van der Waals surface area contributed by atoms with E-state index in [0.29, 0.717) is 6.04 Å². The van der Waals surface area contributed by atoms with Gasteiger partial charge >= 0.3 is 0 Å². The van der Waals surface area contributed by atoms with Crippen LogP contribution in [0.25, 0.3) is 0 Å². The lowest BCUT2D eigenvalue weighted by Gasteiger charge is -2.29. The smallest absolute Gasteiger partial charge is 0.173 e. The fraction of sp³-hybridized carbons (Fsp3) is 0.538. The Balaban J connectivity index is 2.02. The Morgan fingerprint density at radius 1 is 1.50 bits per heavy atom. The van der Waals surface area contributed by atoms with E-state index in [9.17, 15) is 0 Å². The third-order valence-corrected chi connectivity index (χ3v) is 4.08. The van der Waals surface area contributed by atoms with Gasteiger partial charge in [0.05, 0.1) is 5.56 Å². The van der Waals surface area contributed by atoms with Crippen molar-refractivity contribution in [2.75, 3.05) is 11.4 Å². The van der Waals surface area contributed by atoms with Crippen molar-refractivity contribution >= 4 is 11.7 Å². The van der Waals surface area contributed by atoms with E-state index < -0.39 is 0 Å². The van der Waals surface area contributed by atoms with E-state index in [1.54, 1.807) is 0 Å². The van der Waals surface area contributed by atoms with Gasteiger partial charge in [-0.2, -0.15) is 0 Å². The van der Waals surface area contributed by atoms with Crippen LogP contribution in [0.5, 0.6) is 0 Å². The van der Waals surface area contributed by atoms with Crippen LogP contribution < -0.4 is 10.6 Å². The van der Waals surface area contributed by atoms with Crippen molar-refractivity contribution in [2.24, 2.45) is 16.8 Å². The maximum Gasteiger partial charge on any atom is 0.173 e. The SMILES string of the molecule is Cc1ccc(C(N)=NO)c(N2CC3CCC2C3)n1. The van der Waals surface area contributed by atoms with Crippen molar-refractivity contribution in [1.29, 1.82) is 0 Å². The molecule has 5 nitrogen and oxygen atoms in total. The lowest BCUT2D eigenvalue weighted by molar-refractivity contribution is 0.318. The minimum Gasteiger partial charge on any atom is -0.409 e. The monoisotopic (exact) mass is 246 g/mol. The van der Waals surface area contributed by atoms with E-state index in [-0.39, 0.29) is 5.84 Å². The summed E-state index contributed by atoms with van der Waals surface area (Å²) in [4.78, 5) is 6.92. The first-order valence-corrected chi connectivity index (χ1v) is 6.41. The van der Waals surface area contributed by atoms with Crippen LogP contribution in [0.4, 0.5) is 5.82 Å². The molecule has 18 heavy (non-hydrogen) atoms. The molecule has 2 fully saturated rings. The van der Waals surface area contributed by atoms with E-state index in [1.165, 1.54) is 19.3 Å². The van der Waals surface area contributed by atoms with Gasteiger partial charge in [-0.25, -0.2) is 4.98 Å². The highest BCUT2D eigenvalue weighted by atomic mass is 16.4. The van der Waals surface area contributed by atoms with Gasteiger partial charge in [0, 0.05) is 18.3 Å². The zero-order valence-electron chi connectivity index (χ0n) is 10.5. The number of hydrogen-bond donors (Lipinski definition) is 2. The predicted octanol–water partition coefficient (Wildman–Crippen LogP) is 1.47. The molecular formula is C13H18N4O. The maximum absolute atomic E-state index is 8.87. The number of anilines is 1. The number of piperidine rings is 1. The molecule has 1 saturated heterocycles. The van der Waals surface area contributed by atoms with E-state index in [1.807, 2.05) is 19.1 Å². The van der Waals surface area contributed by atoms with Crippen molar-refractivity contribution in [1.82, 2.24) is 4.98 Å². The van der Waals surface area contributed by atoms with Crippen molar-refractivity contribution in [2.45, 2.75) is 32.2 Å². The van der Waals surface area contributed by atoms with Crippen LogP contribution in [0.3, 0.4) is 0 Å². The average molecular weight is 246 g/mol. The fourth-order valence-corrected chi connectivity index (χ4v) is 3.20. The first-order valence-electron chi connectivity index (χ1n) is 6.41. The molecule has 3 rings (SSSR count). The van der Waals surface area contributed by atoms with Crippen molar-refractivity contribution in [3.8, 4) is 0 Å². The molecule has 2 bridgehead atoms. The van der Waals surface area contributed by atoms with Crippen LogP contribution in [-0.4, -0.2) is 28.6 Å². The second-order valence-corrected chi connectivity index (χ2v) is 5.29. The van der Waals surface area contributed by atoms with Gasteiger partial charge < -0.3 is 15.8 Å². The van der Waals surface area contributed by atoms with E-state index in [2.05, 4.69) is 15.0 Å². The molecule has 2 atom stereocenters. The summed E-state index contributed by atoms with van der Waals surface area (Å²) in [5, 5.41) is 12.0. The predicted molar refractivity (Wildman–Crippen MR) is 70.0 cm³/mol. The molecule has 0 amide bonds. The van der Waals surface area contributed by atoms with E-state index >= 15 is 0 Å². The van der Waals surface area contributed by atoms with Gasteiger partial charge in [0.25, 0.3) is 0 Å². The number of hydrogen-bond acceptors (Lipinski definition) is 4. The van der Waals surface area contributed by atoms with Gasteiger partial charge in [0.15, 0.2) is 5.84 Å². The van der Waals surface area contributed by atoms with Gasteiger partial charge in [0.2, 0.25) is 0 Å². The van der Waals surface area contributed by atoms with Crippen molar-refractivity contribution in [3.05, 3.63) is 23.4 Å². The van der Waals surface area contributed by atoms with E-state index in [4.69, 9.17) is 10.9 Å². The maximum atomic E-state index is 8.87. The molecule has 3 N–H and O–H groups in total. The molecule has 0 aromatic carbocycles. The molecule has 0 spiro atoms. The Hall–Kier alpha value is -1.78. The average Bonchev–Trinajstić information content (AvgIpc) is 3.00. The molecule has 96 valence electrons.